The average Bonchev–Trinajstić information content (AvgIpc) is 3.02. The van der Waals surface area contributed by atoms with Crippen LogP contribution in [-0.2, 0) is 10.2 Å². The number of rotatable bonds is 3. The van der Waals surface area contributed by atoms with Gasteiger partial charge in [-0.15, -0.1) is 11.3 Å². The Morgan fingerprint density at radius 2 is 1.64 bits per heavy atom. The van der Waals surface area contributed by atoms with E-state index in [2.05, 4.69) is 36.1 Å². The summed E-state index contributed by atoms with van der Waals surface area (Å²) in [6.07, 6.45) is -0.855. The molecule has 6 nitrogen and oxygen atoms in total. The van der Waals surface area contributed by atoms with Gasteiger partial charge in [0.2, 0.25) is 0 Å². The molecule has 0 aliphatic rings. The number of carbonyl (C=O) groups excluding carboxylic acids is 3. The van der Waals surface area contributed by atoms with Gasteiger partial charge in [0.25, 0.3) is 11.8 Å². The lowest BCUT2D eigenvalue weighted by atomic mass is 9.87. The standard InChI is InChI=1S/C18H20N2O4S/c1-18(2,3)12-7-5-11(6-8-12)14(21)19-16-13(9-10-25-16)15(22)20-17(23)24-4/h5-10H,1-4H3,(H,19,21)(H,20,22,23). The molecule has 0 saturated carbocycles. The van der Waals surface area contributed by atoms with Gasteiger partial charge in [-0.2, -0.15) is 0 Å². The zero-order chi connectivity index (χ0) is 18.6. The van der Waals surface area contributed by atoms with E-state index >= 15 is 0 Å². The molecule has 0 fully saturated rings. The van der Waals surface area contributed by atoms with Crippen LogP contribution in [0, 0.1) is 0 Å². The zero-order valence-corrected chi connectivity index (χ0v) is 15.3. The van der Waals surface area contributed by atoms with E-state index in [0.717, 1.165) is 5.56 Å². The molecule has 2 aromatic rings. The highest BCUT2D eigenvalue weighted by atomic mass is 32.1. The van der Waals surface area contributed by atoms with Crippen LogP contribution >= 0.6 is 11.3 Å². The second-order valence-corrected chi connectivity index (χ2v) is 7.31. The normalized spacial score (nSPS) is 10.9. The number of hydrogen-bond donors (Lipinski definition) is 2. The second kappa shape index (κ2) is 7.48. The highest BCUT2D eigenvalue weighted by molar-refractivity contribution is 7.14. The Labute approximate surface area is 150 Å². The van der Waals surface area contributed by atoms with Crippen LogP contribution in [0.25, 0.3) is 0 Å². The molecule has 0 aliphatic carbocycles. The van der Waals surface area contributed by atoms with Crippen LogP contribution in [0.4, 0.5) is 9.80 Å². The van der Waals surface area contributed by atoms with Gasteiger partial charge in [-0.25, -0.2) is 4.79 Å². The van der Waals surface area contributed by atoms with E-state index in [-0.39, 0.29) is 16.9 Å². The van der Waals surface area contributed by atoms with Crippen molar-refractivity contribution in [2.75, 3.05) is 12.4 Å². The molecular weight excluding hydrogens is 340 g/mol. The molecule has 1 heterocycles. The third kappa shape index (κ3) is 4.67. The van der Waals surface area contributed by atoms with E-state index in [4.69, 9.17) is 0 Å². The minimum absolute atomic E-state index is 0.00189. The van der Waals surface area contributed by atoms with E-state index in [1.54, 1.807) is 17.5 Å². The summed E-state index contributed by atoms with van der Waals surface area (Å²) in [5.41, 5.74) is 1.82. The summed E-state index contributed by atoms with van der Waals surface area (Å²) in [4.78, 5) is 35.6. The lowest BCUT2D eigenvalue weighted by Crippen LogP contribution is -2.30. The minimum Gasteiger partial charge on any atom is -0.453 e. The van der Waals surface area contributed by atoms with Crippen molar-refractivity contribution in [3.63, 3.8) is 0 Å². The third-order valence-electron chi connectivity index (χ3n) is 3.55. The minimum atomic E-state index is -0.855. The Kier molecular flexibility index (Phi) is 5.58. The van der Waals surface area contributed by atoms with Gasteiger partial charge in [-0.1, -0.05) is 32.9 Å². The van der Waals surface area contributed by atoms with E-state index in [1.807, 2.05) is 12.1 Å². The number of nitrogens with one attached hydrogen (secondary N) is 2. The molecule has 0 radical (unpaired) electrons. The third-order valence-corrected chi connectivity index (χ3v) is 4.38. The monoisotopic (exact) mass is 360 g/mol. The Morgan fingerprint density at radius 3 is 2.20 bits per heavy atom. The fourth-order valence-electron chi connectivity index (χ4n) is 2.09. The Hall–Kier alpha value is -2.67. The molecule has 0 saturated heterocycles. The summed E-state index contributed by atoms with van der Waals surface area (Å²) in [5, 5.41) is 6.79. The maximum absolute atomic E-state index is 12.4. The Balaban J connectivity index is 2.13. The fourth-order valence-corrected chi connectivity index (χ4v) is 2.87. The molecule has 0 atom stereocenters. The number of hydrogen-bond acceptors (Lipinski definition) is 5. The summed E-state index contributed by atoms with van der Waals surface area (Å²) in [5.74, 6) is -0.957. The molecule has 132 valence electrons. The van der Waals surface area contributed by atoms with E-state index < -0.39 is 12.0 Å². The molecule has 25 heavy (non-hydrogen) atoms. The van der Waals surface area contributed by atoms with E-state index in [1.165, 1.54) is 24.5 Å². The fraction of sp³-hybridized carbons (Fsp3) is 0.278. The highest BCUT2D eigenvalue weighted by Crippen LogP contribution is 2.25. The van der Waals surface area contributed by atoms with Gasteiger partial charge in [0.1, 0.15) is 5.00 Å². The number of methoxy groups -OCH3 is 1. The summed E-state index contributed by atoms with van der Waals surface area (Å²) in [6.45, 7) is 6.29. The maximum Gasteiger partial charge on any atom is 0.413 e. The first-order valence-electron chi connectivity index (χ1n) is 7.61. The molecule has 0 aliphatic heterocycles. The van der Waals surface area contributed by atoms with Crippen molar-refractivity contribution in [1.29, 1.82) is 0 Å². The van der Waals surface area contributed by atoms with Gasteiger partial charge in [0, 0.05) is 5.56 Å². The average molecular weight is 360 g/mol. The first kappa shape index (κ1) is 18.7. The van der Waals surface area contributed by atoms with Gasteiger partial charge < -0.3 is 10.1 Å². The van der Waals surface area contributed by atoms with Crippen LogP contribution in [0.15, 0.2) is 35.7 Å². The van der Waals surface area contributed by atoms with Gasteiger partial charge in [0.05, 0.1) is 12.7 Å². The molecular formula is C18H20N2O4S. The molecule has 1 aromatic carbocycles. The van der Waals surface area contributed by atoms with Crippen LogP contribution in [0.1, 0.15) is 47.1 Å². The van der Waals surface area contributed by atoms with Crippen LogP contribution < -0.4 is 10.6 Å². The van der Waals surface area contributed by atoms with Crippen LogP contribution in [0.5, 0.6) is 0 Å². The number of imide groups is 1. The zero-order valence-electron chi connectivity index (χ0n) is 14.5. The van der Waals surface area contributed by atoms with Gasteiger partial charge in [0.15, 0.2) is 0 Å². The number of ether oxygens (including phenoxy) is 1. The summed E-state index contributed by atoms with van der Waals surface area (Å²) in [7, 11) is 1.17. The predicted molar refractivity (Wildman–Crippen MR) is 97.3 cm³/mol. The van der Waals surface area contributed by atoms with Crippen molar-refractivity contribution in [2.24, 2.45) is 0 Å². The topological polar surface area (TPSA) is 84.5 Å². The highest BCUT2D eigenvalue weighted by Gasteiger charge is 2.19. The number of thiophene rings is 1. The first-order chi connectivity index (χ1) is 11.7. The number of benzene rings is 1. The molecule has 3 amide bonds. The van der Waals surface area contributed by atoms with Gasteiger partial charge in [-0.05, 0) is 34.6 Å². The number of amides is 3. The Morgan fingerprint density at radius 1 is 1.00 bits per heavy atom. The lowest BCUT2D eigenvalue weighted by molar-refractivity contribution is 0.0938. The first-order valence-corrected chi connectivity index (χ1v) is 8.49. The predicted octanol–water partition coefficient (Wildman–Crippen LogP) is 3.79. The smallest absolute Gasteiger partial charge is 0.413 e. The van der Waals surface area contributed by atoms with Crippen molar-refractivity contribution in [1.82, 2.24) is 5.32 Å². The quantitative estimate of drug-likeness (QED) is 0.872. The summed E-state index contributed by atoms with van der Waals surface area (Å²) in [6, 6.07) is 8.85. The largest absolute Gasteiger partial charge is 0.453 e. The summed E-state index contributed by atoms with van der Waals surface area (Å²) < 4.78 is 4.39. The molecule has 0 unspecified atom stereocenters. The van der Waals surface area contributed by atoms with Crippen molar-refractivity contribution >= 4 is 34.2 Å². The van der Waals surface area contributed by atoms with Crippen LogP contribution in [-0.4, -0.2) is 25.0 Å². The number of anilines is 1. The van der Waals surface area contributed by atoms with E-state index in [0.29, 0.717) is 10.6 Å². The SMILES string of the molecule is COC(=O)NC(=O)c1ccsc1NC(=O)c1ccc(C(C)(C)C)cc1. The van der Waals surface area contributed by atoms with Crippen molar-refractivity contribution < 1.29 is 19.1 Å². The molecule has 2 rings (SSSR count). The second-order valence-electron chi connectivity index (χ2n) is 6.39. The maximum atomic E-state index is 12.4. The van der Waals surface area contributed by atoms with Crippen molar-refractivity contribution in [3.8, 4) is 0 Å². The number of carbonyl (C=O) groups is 3. The molecule has 1 aromatic heterocycles. The van der Waals surface area contributed by atoms with Crippen molar-refractivity contribution in [3.05, 3.63) is 52.4 Å². The van der Waals surface area contributed by atoms with E-state index in [9.17, 15) is 14.4 Å². The van der Waals surface area contributed by atoms with Crippen molar-refractivity contribution in [2.45, 2.75) is 26.2 Å². The molecule has 7 heteroatoms. The molecule has 0 spiro atoms. The lowest BCUT2D eigenvalue weighted by Gasteiger charge is -2.19. The van der Waals surface area contributed by atoms with Gasteiger partial charge >= 0.3 is 6.09 Å². The molecule has 0 bridgehead atoms. The van der Waals surface area contributed by atoms with Crippen LogP contribution in [0.2, 0.25) is 0 Å². The van der Waals surface area contributed by atoms with Crippen LogP contribution in [0.3, 0.4) is 0 Å². The molecule has 2 N–H and O–H groups in total. The Bertz CT molecular complexity index is 788. The number of alkyl carbamates (subject to hydrolysis) is 1. The van der Waals surface area contributed by atoms with Gasteiger partial charge in [-0.3, -0.25) is 14.9 Å². The summed E-state index contributed by atoms with van der Waals surface area (Å²) >= 11 is 1.20.